The lowest BCUT2D eigenvalue weighted by atomic mass is 10.0. The van der Waals surface area contributed by atoms with E-state index in [1.807, 2.05) is 19.9 Å². The maximum atomic E-state index is 13.0. The number of benzene rings is 2. The molecule has 15 nitrogen and oxygen atoms in total. The van der Waals surface area contributed by atoms with Gasteiger partial charge in [0, 0.05) is 38.6 Å². The van der Waals surface area contributed by atoms with E-state index in [1.54, 1.807) is 62.6 Å². The SMILES string of the molecule is C.CNC(=O)c1cc(C)cc(C)c1NC(=O)c1cc(Br)nn1-c1ncccc1Cl.[C-]#[N+]c1cc(C)c(NC(=O)c2cc(Br)nn2-c2ncccc2Cl)c(C(=O)NC)c1. The van der Waals surface area contributed by atoms with E-state index in [1.165, 1.54) is 34.7 Å². The van der Waals surface area contributed by atoms with Crippen molar-refractivity contribution in [3.63, 3.8) is 0 Å². The number of carbonyl (C=O) groups excluding carboxylic acids is 4. The van der Waals surface area contributed by atoms with Crippen LogP contribution in [0.25, 0.3) is 16.5 Å². The number of aromatic nitrogens is 6. The van der Waals surface area contributed by atoms with Crippen LogP contribution in [0.3, 0.4) is 0 Å². The quantitative estimate of drug-likeness (QED) is 0.109. The lowest BCUT2D eigenvalue weighted by molar-refractivity contribution is 0.0954. The van der Waals surface area contributed by atoms with E-state index in [-0.39, 0.29) is 36.1 Å². The van der Waals surface area contributed by atoms with Crippen molar-refractivity contribution in [2.24, 2.45) is 0 Å². The maximum Gasteiger partial charge on any atom is 0.274 e. The summed E-state index contributed by atoms with van der Waals surface area (Å²) in [6.07, 6.45) is 3.10. The number of pyridine rings is 2. The minimum atomic E-state index is -0.520. The van der Waals surface area contributed by atoms with E-state index in [0.717, 1.165) is 11.1 Å². The Hall–Kier alpha value is -5.93. The molecule has 6 aromatic rings. The zero-order valence-electron chi connectivity index (χ0n) is 30.7. The van der Waals surface area contributed by atoms with E-state index in [0.29, 0.717) is 53.3 Å². The molecule has 0 atom stereocenters. The van der Waals surface area contributed by atoms with Gasteiger partial charge in [-0.2, -0.15) is 10.2 Å². The third-order valence-electron chi connectivity index (χ3n) is 8.05. The summed E-state index contributed by atoms with van der Waals surface area (Å²) in [5, 5.41) is 19.9. The molecular weight excluding hydrogens is 917 g/mol. The predicted molar refractivity (Wildman–Crippen MR) is 231 cm³/mol. The lowest BCUT2D eigenvalue weighted by Crippen LogP contribution is -2.23. The van der Waals surface area contributed by atoms with Gasteiger partial charge in [-0.15, -0.1) is 0 Å². The van der Waals surface area contributed by atoms with Gasteiger partial charge in [0.25, 0.3) is 23.6 Å². The molecule has 0 saturated carbocycles. The van der Waals surface area contributed by atoms with Crippen molar-refractivity contribution in [1.82, 2.24) is 40.2 Å². The first-order valence-corrected chi connectivity index (χ1v) is 18.9. The smallest absolute Gasteiger partial charge is 0.274 e. The van der Waals surface area contributed by atoms with E-state index < -0.39 is 17.7 Å². The normalized spacial score (nSPS) is 10.3. The first-order valence-electron chi connectivity index (χ1n) is 16.6. The van der Waals surface area contributed by atoms with E-state index in [9.17, 15) is 19.2 Å². The number of rotatable bonds is 8. The lowest BCUT2D eigenvalue weighted by Gasteiger charge is -2.15. The minimum absolute atomic E-state index is 0. The van der Waals surface area contributed by atoms with Gasteiger partial charge in [0.2, 0.25) is 0 Å². The van der Waals surface area contributed by atoms with Crippen molar-refractivity contribution in [2.45, 2.75) is 28.2 Å². The first-order chi connectivity index (χ1) is 27.2. The minimum Gasteiger partial charge on any atom is -0.355 e. The summed E-state index contributed by atoms with van der Waals surface area (Å²) < 4.78 is 3.53. The number of hydrogen-bond donors (Lipinski definition) is 4. The Bertz CT molecular complexity index is 2600. The van der Waals surface area contributed by atoms with Crippen molar-refractivity contribution in [2.75, 3.05) is 24.7 Å². The number of halogens is 4. The van der Waals surface area contributed by atoms with Gasteiger partial charge in [0.1, 0.15) is 20.6 Å². The monoisotopic (exact) mass is 949 g/mol. The van der Waals surface area contributed by atoms with Crippen LogP contribution in [0.4, 0.5) is 17.1 Å². The van der Waals surface area contributed by atoms with Gasteiger partial charge in [-0.3, -0.25) is 19.2 Å². The molecule has 4 aromatic heterocycles. The molecule has 0 aliphatic heterocycles. The molecule has 4 heterocycles. The molecule has 0 bridgehead atoms. The molecule has 298 valence electrons. The highest BCUT2D eigenvalue weighted by molar-refractivity contribution is 9.10. The summed E-state index contributed by atoms with van der Waals surface area (Å²) in [7, 11) is 3.02. The molecule has 4 N–H and O–H groups in total. The molecule has 4 amide bonds. The molecule has 0 aliphatic carbocycles. The third-order valence-corrected chi connectivity index (χ3v) is 9.42. The molecule has 0 radical (unpaired) electrons. The number of carbonyl (C=O) groups is 4. The molecule has 0 spiro atoms. The Kier molecular flexibility index (Phi) is 15.0. The van der Waals surface area contributed by atoms with Crippen molar-refractivity contribution in [3.05, 3.63) is 143 Å². The Morgan fingerprint density at radius 2 is 1.10 bits per heavy atom. The molecule has 6 rings (SSSR count). The highest BCUT2D eigenvalue weighted by atomic mass is 79.9. The fraction of sp³-hybridized carbons (Fsp3) is 0.154. The van der Waals surface area contributed by atoms with Crippen LogP contribution in [0.15, 0.2) is 82.3 Å². The van der Waals surface area contributed by atoms with Crippen LogP contribution in [-0.4, -0.2) is 67.3 Å². The van der Waals surface area contributed by atoms with Crippen molar-refractivity contribution in [3.8, 4) is 11.6 Å². The summed E-state index contributed by atoms with van der Waals surface area (Å²) in [4.78, 5) is 62.4. The van der Waals surface area contributed by atoms with Crippen LogP contribution in [0.1, 0.15) is 65.8 Å². The Morgan fingerprint density at radius 1 is 0.672 bits per heavy atom. The number of amides is 4. The summed E-state index contributed by atoms with van der Waals surface area (Å²) >= 11 is 19.0. The van der Waals surface area contributed by atoms with E-state index >= 15 is 0 Å². The molecule has 0 saturated heterocycles. The van der Waals surface area contributed by atoms with Crippen LogP contribution >= 0.6 is 55.1 Å². The average molecular weight is 952 g/mol. The highest BCUT2D eigenvalue weighted by Gasteiger charge is 2.24. The van der Waals surface area contributed by atoms with Gasteiger partial charge in [0.05, 0.1) is 39.1 Å². The Labute approximate surface area is 360 Å². The van der Waals surface area contributed by atoms with Gasteiger partial charge >= 0.3 is 0 Å². The molecule has 19 heteroatoms. The summed E-state index contributed by atoms with van der Waals surface area (Å²) in [6, 6.07) is 16.4. The van der Waals surface area contributed by atoms with E-state index in [4.69, 9.17) is 29.8 Å². The summed E-state index contributed by atoms with van der Waals surface area (Å²) in [5.74, 6) is -1.06. The van der Waals surface area contributed by atoms with E-state index in [2.05, 4.69) is 78.1 Å². The first kappa shape index (κ1) is 44.8. The van der Waals surface area contributed by atoms with Crippen LogP contribution in [-0.2, 0) is 0 Å². The second-order valence-corrected chi connectivity index (χ2v) is 14.5. The zero-order chi connectivity index (χ0) is 41.6. The molecule has 0 unspecified atom stereocenters. The largest absolute Gasteiger partial charge is 0.355 e. The van der Waals surface area contributed by atoms with Gasteiger partial charge in [-0.1, -0.05) is 42.8 Å². The summed E-state index contributed by atoms with van der Waals surface area (Å²) in [5.41, 5.74) is 4.25. The number of anilines is 2. The number of aryl methyl sites for hydroxylation is 3. The highest BCUT2D eigenvalue weighted by Crippen LogP contribution is 2.30. The molecule has 0 fully saturated rings. The van der Waals surface area contributed by atoms with Gasteiger partial charge in [0.15, 0.2) is 17.3 Å². The zero-order valence-corrected chi connectivity index (χ0v) is 35.4. The fourth-order valence-corrected chi connectivity index (χ4v) is 6.69. The van der Waals surface area contributed by atoms with Crippen LogP contribution in [0.2, 0.25) is 10.0 Å². The summed E-state index contributed by atoms with van der Waals surface area (Å²) in [6.45, 7) is 12.6. The number of nitrogens with one attached hydrogen (secondary N) is 4. The fourth-order valence-electron chi connectivity index (χ4n) is 5.53. The van der Waals surface area contributed by atoms with Gasteiger partial charge in [-0.05, 0) is 106 Å². The topological polar surface area (TPSA) is 182 Å². The Balaban J connectivity index is 0.000000252. The standard InChI is InChI=1S/C19H14BrClN6O2.C19H17BrClN5O2.CH4/c1-10-7-11(22-2)8-12(18(28)23-3)16(10)25-19(29)14-9-15(20)26-27(14)17-13(21)5-4-6-24-17;1-10-7-11(2)16(12(8-10)18(27)22-3)24-19(28)14-9-15(20)25-26(14)17-13(21)5-4-6-23-17;/h4-9H,1,3H3,(H,23,28)(H,25,29);4-9H,1-3H3,(H,22,27)(H,24,28);1H4. The molecule has 2 aromatic carbocycles. The molecular formula is C39H35Br2Cl2N11O4. The third kappa shape index (κ3) is 9.95. The second kappa shape index (κ2) is 19.5. The number of nitrogens with zero attached hydrogens (tertiary/aromatic N) is 7. The van der Waals surface area contributed by atoms with Crippen molar-refractivity contribution in [1.29, 1.82) is 0 Å². The van der Waals surface area contributed by atoms with Crippen molar-refractivity contribution < 1.29 is 19.2 Å². The number of hydrogen-bond acceptors (Lipinski definition) is 8. The van der Waals surface area contributed by atoms with Gasteiger partial charge < -0.3 is 21.3 Å². The van der Waals surface area contributed by atoms with Crippen LogP contribution in [0, 0.1) is 27.3 Å². The van der Waals surface area contributed by atoms with Crippen molar-refractivity contribution >= 4 is 95.8 Å². The second-order valence-electron chi connectivity index (χ2n) is 12.0. The van der Waals surface area contributed by atoms with Gasteiger partial charge in [-0.25, -0.2) is 24.2 Å². The van der Waals surface area contributed by atoms with Crippen LogP contribution in [0.5, 0.6) is 0 Å². The molecule has 58 heavy (non-hydrogen) atoms. The maximum absolute atomic E-state index is 13.0. The predicted octanol–water partition coefficient (Wildman–Crippen LogP) is 8.70. The Morgan fingerprint density at radius 3 is 1.52 bits per heavy atom. The average Bonchev–Trinajstić information content (AvgIpc) is 3.78. The van der Waals surface area contributed by atoms with Crippen LogP contribution < -0.4 is 21.3 Å². The molecule has 0 aliphatic rings.